The minimum absolute atomic E-state index is 0.0119. The van der Waals surface area contributed by atoms with Crippen LogP contribution in [0.5, 0.6) is 0 Å². The predicted octanol–water partition coefficient (Wildman–Crippen LogP) is 5.45. The molecule has 5 nitrogen and oxygen atoms in total. The molecule has 0 aliphatic heterocycles. The Morgan fingerprint density at radius 3 is 2.58 bits per heavy atom. The molecule has 0 atom stereocenters. The smallest absolute Gasteiger partial charge is 0.295 e. The zero-order valence-corrected chi connectivity index (χ0v) is 16.5. The molecule has 1 heterocycles. The second-order valence-electron chi connectivity index (χ2n) is 7.47. The highest BCUT2D eigenvalue weighted by Gasteiger charge is 2.36. The van der Waals surface area contributed by atoms with Gasteiger partial charge in [-0.3, -0.25) is 10.1 Å². The lowest BCUT2D eigenvalue weighted by molar-refractivity contribution is -0.385. The van der Waals surface area contributed by atoms with Gasteiger partial charge in [0.1, 0.15) is 5.69 Å². The number of allylic oxidation sites excluding steroid dienone is 1. The highest BCUT2D eigenvalue weighted by Crippen LogP contribution is 2.36. The van der Waals surface area contributed by atoms with Crippen LogP contribution in [0.1, 0.15) is 45.4 Å². The zero-order valence-electron chi connectivity index (χ0n) is 15.5. The van der Waals surface area contributed by atoms with Crippen LogP contribution in [0.3, 0.4) is 0 Å². The minimum atomic E-state index is -1.72. The number of hydrogen-bond acceptors (Lipinski definition) is 4. The molecule has 1 aromatic heterocycles. The third kappa shape index (κ3) is 5.38. The molecule has 0 bridgehead atoms. The van der Waals surface area contributed by atoms with Gasteiger partial charge in [-0.1, -0.05) is 39.5 Å². The third-order valence-electron chi connectivity index (χ3n) is 4.35. The number of hydrogen-bond donors (Lipinski definition) is 0. The molecule has 0 N–H and O–H groups in total. The van der Waals surface area contributed by atoms with E-state index in [1.54, 1.807) is 13.1 Å². The fourth-order valence-corrected chi connectivity index (χ4v) is 2.91. The van der Waals surface area contributed by atoms with Gasteiger partial charge in [0.15, 0.2) is 8.32 Å². The van der Waals surface area contributed by atoms with Crippen molar-refractivity contribution in [1.29, 1.82) is 0 Å². The Labute approximate surface area is 145 Å². The first-order chi connectivity index (χ1) is 11.0. The molecular weight excluding hydrogens is 320 g/mol. The zero-order chi connectivity index (χ0) is 18.5. The van der Waals surface area contributed by atoms with E-state index in [1.165, 1.54) is 6.07 Å². The molecule has 0 aliphatic carbocycles. The maximum atomic E-state index is 11.1. The maximum Gasteiger partial charge on any atom is 0.295 e. The van der Waals surface area contributed by atoms with Crippen molar-refractivity contribution in [3.05, 3.63) is 46.3 Å². The Hall–Kier alpha value is -1.79. The molecule has 24 heavy (non-hydrogen) atoms. The lowest BCUT2D eigenvalue weighted by Gasteiger charge is -2.36. The summed E-state index contributed by atoms with van der Waals surface area (Å²) in [6, 6.07) is 1.53. The summed E-state index contributed by atoms with van der Waals surface area (Å²) in [5.41, 5.74) is 1.61. The van der Waals surface area contributed by atoms with Crippen molar-refractivity contribution >= 4 is 25.7 Å². The molecule has 0 aliphatic rings. The summed E-state index contributed by atoms with van der Waals surface area (Å²) < 4.78 is 6.10. The average molecular weight is 349 g/mol. The van der Waals surface area contributed by atoms with Crippen molar-refractivity contribution in [3.8, 4) is 0 Å². The molecule has 0 unspecified atom stereocenters. The molecule has 0 radical (unpaired) electrons. The van der Waals surface area contributed by atoms with Crippen LogP contribution in [0.2, 0.25) is 18.1 Å². The van der Waals surface area contributed by atoms with Gasteiger partial charge in [0.05, 0.1) is 4.92 Å². The van der Waals surface area contributed by atoms with E-state index in [-0.39, 0.29) is 10.7 Å². The number of rotatable bonds is 7. The first-order valence-corrected chi connectivity index (χ1v) is 11.0. The van der Waals surface area contributed by atoms with Crippen molar-refractivity contribution in [2.45, 2.75) is 52.2 Å². The molecule has 0 amide bonds. The number of nitrogens with zero attached hydrogens (tertiary/aromatic N) is 2. The topological polar surface area (TPSA) is 65.3 Å². The average Bonchev–Trinajstić information content (AvgIpc) is 2.45. The van der Waals surface area contributed by atoms with Crippen LogP contribution in [0.25, 0.3) is 11.6 Å². The summed E-state index contributed by atoms with van der Waals surface area (Å²) in [4.78, 5) is 14.9. The van der Waals surface area contributed by atoms with Crippen molar-refractivity contribution < 1.29 is 9.35 Å². The quantitative estimate of drug-likeness (QED) is 0.284. The van der Waals surface area contributed by atoms with Crippen molar-refractivity contribution in [2.24, 2.45) is 0 Å². The summed E-state index contributed by atoms with van der Waals surface area (Å²) in [6.45, 7) is 17.2. The van der Waals surface area contributed by atoms with Gasteiger partial charge < -0.3 is 4.43 Å². The monoisotopic (exact) mass is 348 g/mol. The van der Waals surface area contributed by atoms with Crippen molar-refractivity contribution in [1.82, 2.24) is 4.98 Å². The molecule has 1 aromatic rings. The van der Waals surface area contributed by atoms with Gasteiger partial charge in [0.25, 0.3) is 5.69 Å². The van der Waals surface area contributed by atoms with Crippen LogP contribution in [0.4, 0.5) is 5.69 Å². The number of aromatic nitrogens is 1. The number of nitro groups is 1. The Balaban J connectivity index is 2.71. The van der Waals surface area contributed by atoms with Crippen molar-refractivity contribution in [3.63, 3.8) is 0 Å². The molecule has 1 rings (SSSR count). The van der Waals surface area contributed by atoms with Gasteiger partial charge in [-0.15, -0.1) is 0 Å². The SMILES string of the molecule is C=C(C)c1ncc(/C=C/CCO[Si](C)(C)C(C)(C)C)cc1[N+](=O)[O-]. The van der Waals surface area contributed by atoms with E-state index in [2.05, 4.69) is 45.4 Å². The van der Waals surface area contributed by atoms with Gasteiger partial charge >= 0.3 is 0 Å². The Morgan fingerprint density at radius 2 is 2.08 bits per heavy atom. The van der Waals surface area contributed by atoms with Gasteiger partial charge in [-0.05, 0) is 42.6 Å². The van der Waals surface area contributed by atoms with Crippen LogP contribution in [-0.2, 0) is 4.43 Å². The van der Waals surface area contributed by atoms with Gasteiger partial charge in [0.2, 0.25) is 0 Å². The Kier molecular flexibility index (Phi) is 6.63. The highest BCUT2D eigenvalue weighted by molar-refractivity contribution is 6.74. The van der Waals surface area contributed by atoms with Gasteiger partial charge in [-0.2, -0.15) is 0 Å². The largest absolute Gasteiger partial charge is 0.417 e. The van der Waals surface area contributed by atoms with E-state index < -0.39 is 13.2 Å². The van der Waals surface area contributed by atoms with Crippen molar-refractivity contribution in [2.75, 3.05) is 6.61 Å². The first kappa shape index (κ1) is 20.3. The van der Waals surface area contributed by atoms with E-state index in [9.17, 15) is 10.1 Å². The van der Waals surface area contributed by atoms with Crippen LogP contribution in [-0.4, -0.2) is 24.8 Å². The Bertz CT molecular complexity index is 646. The third-order valence-corrected chi connectivity index (χ3v) is 8.89. The van der Waals surface area contributed by atoms with Crippen LogP contribution >= 0.6 is 0 Å². The molecule has 0 spiro atoms. The van der Waals surface area contributed by atoms with E-state index in [1.807, 2.05) is 12.2 Å². The fraction of sp³-hybridized carbons (Fsp3) is 0.500. The standard InChI is InChI=1S/C18H28N2O3Si/c1-14(2)17-16(20(21)22)12-15(13-19-17)10-8-9-11-23-24(6,7)18(3,4)5/h8,10,12-13H,1,9,11H2,2-7H3/b10-8+. The van der Waals surface area contributed by atoms with Crippen LogP contribution < -0.4 is 0 Å². The summed E-state index contributed by atoms with van der Waals surface area (Å²) in [6.07, 6.45) is 6.20. The fourth-order valence-electron chi connectivity index (χ4n) is 1.85. The summed E-state index contributed by atoms with van der Waals surface area (Å²) in [5.74, 6) is 0. The lowest BCUT2D eigenvalue weighted by atomic mass is 10.1. The second-order valence-corrected chi connectivity index (χ2v) is 12.3. The van der Waals surface area contributed by atoms with E-state index in [0.717, 1.165) is 6.42 Å². The first-order valence-electron chi connectivity index (χ1n) is 8.06. The minimum Gasteiger partial charge on any atom is -0.417 e. The van der Waals surface area contributed by atoms with E-state index in [0.29, 0.717) is 23.4 Å². The highest BCUT2D eigenvalue weighted by atomic mass is 28.4. The van der Waals surface area contributed by atoms with Gasteiger partial charge in [-0.25, -0.2) is 4.98 Å². The molecule has 0 saturated carbocycles. The maximum absolute atomic E-state index is 11.1. The van der Waals surface area contributed by atoms with E-state index >= 15 is 0 Å². The van der Waals surface area contributed by atoms with Gasteiger partial charge in [0, 0.05) is 18.9 Å². The summed E-state index contributed by atoms with van der Waals surface area (Å²) >= 11 is 0. The molecule has 0 saturated heterocycles. The Morgan fingerprint density at radius 1 is 1.46 bits per heavy atom. The normalized spacial score (nSPS) is 12.6. The van der Waals surface area contributed by atoms with Crippen LogP contribution in [0.15, 0.2) is 24.9 Å². The summed E-state index contributed by atoms with van der Waals surface area (Å²) in [7, 11) is -1.72. The van der Waals surface area contributed by atoms with E-state index in [4.69, 9.17) is 4.43 Å². The second kappa shape index (κ2) is 7.85. The molecule has 6 heteroatoms. The molecule has 132 valence electrons. The molecule has 0 fully saturated rings. The van der Waals surface area contributed by atoms with Crippen LogP contribution in [0, 0.1) is 10.1 Å². The lowest BCUT2D eigenvalue weighted by Crippen LogP contribution is -2.40. The predicted molar refractivity (Wildman–Crippen MR) is 102 cm³/mol. The summed E-state index contributed by atoms with van der Waals surface area (Å²) in [5, 5.41) is 11.3. The molecular formula is C18H28N2O3Si. The molecule has 0 aromatic carbocycles. The number of pyridine rings is 1.